The van der Waals surface area contributed by atoms with Gasteiger partial charge in [0.25, 0.3) is 0 Å². The Labute approximate surface area is 129 Å². The molecule has 0 radical (unpaired) electrons. The molecule has 0 aliphatic heterocycles. The van der Waals surface area contributed by atoms with Crippen LogP contribution in [0, 0.1) is 5.82 Å². The molecule has 0 fully saturated rings. The molecule has 1 atom stereocenters. The van der Waals surface area contributed by atoms with Crippen LogP contribution in [-0.4, -0.2) is 13.7 Å². The molecule has 0 aromatic heterocycles. The van der Waals surface area contributed by atoms with Gasteiger partial charge in [-0.2, -0.15) is 0 Å². The monoisotopic (exact) mass is 307 g/mol. The van der Waals surface area contributed by atoms with E-state index < -0.39 is 0 Å². The van der Waals surface area contributed by atoms with E-state index in [-0.39, 0.29) is 16.9 Å². The second kappa shape index (κ2) is 7.43. The summed E-state index contributed by atoms with van der Waals surface area (Å²) in [6, 6.07) is 12.9. The Kier molecular flexibility index (Phi) is 5.59. The second-order valence-corrected chi connectivity index (χ2v) is 5.24. The lowest BCUT2D eigenvalue weighted by molar-refractivity contribution is 0.414. The van der Waals surface area contributed by atoms with E-state index in [9.17, 15) is 4.39 Å². The summed E-state index contributed by atoms with van der Waals surface area (Å²) >= 11 is 5.75. The molecule has 1 unspecified atom stereocenters. The van der Waals surface area contributed by atoms with Crippen LogP contribution in [0.25, 0.3) is 0 Å². The van der Waals surface area contributed by atoms with Crippen LogP contribution in [0.4, 0.5) is 4.39 Å². The summed E-state index contributed by atoms with van der Waals surface area (Å²) in [5.74, 6) is 0.447. The Morgan fingerprint density at radius 3 is 2.48 bits per heavy atom. The molecule has 112 valence electrons. The number of methoxy groups -OCH3 is 1. The molecule has 0 saturated heterocycles. The van der Waals surface area contributed by atoms with Gasteiger partial charge in [0, 0.05) is 6.04 Å². The number of ether oxygens (including phenoxy) is 1. The predicted molar refractivity (Wildman–Crippen MR) is 84.5 cm³/mol. The highest BCUT2D eigenvalue weighted by Crippen LogP contribution is 2.24. The van der Waals surface area contributed by atoms with E-state index in [1.807, 2.05) is 37.3 Å². The van der Waals surface area contributed by atoms with E-state index in [1.54, 1.807) is 13.2 Å². The first-order chi connectivity index (χ1) is 10.1. The third-order valence-corrected chi connectivity index (χ3v) is 3.70. The molecule has 0 spiro atoms. The van der Waals surface area contributed by atoms with E-state index in [1.165, 1.54) is 6.07 Å². The zero-order chi connectivity index (χ0) is 15.2. The van der Waals surface area contributed by atoms with Crippen molar-refractivity contribution in [2.45, 2.75) is 19.4 Å². The first-order valence-corrected chi connectivity index (χ1v) is 7.33. The van der Waals surface area contributed by atoms with Gasteiger partial charge in [0.1, 0.15) is 11.6 Å². The van der Waals surface area contributed by atoms with Crippen molar-refractivity contribution in [1.82, 2.24) is 5.32 Å². The van der Waals surface area contributed by atoms with E-state index in [2.05, 4.69) is 5.32 Å². The number of halogens is 2. The average Bonchev–Trinajstić information content (AvgIpc) is 2.50. The van der Waals surface area contributed by atoms with Gasteiger partial charge in [-0.05, 0) is 48.4 Å². The van der Waals surface area contributed by atoms with E-state index in [0.29, 0.717) is 0 Å². The molecule has 2 aromatic carbocycles. The van der Waals surface area contributed by atoms with Gasteiger partial charge in [-0.1, -0.05) is 36.7 Å². The molecule has 21 heavy (non-hydrogen) atoms. The van der Waals surface area contributed by atoms with Crippen molar-refractivity contribution in [2.75, 3.05) is 13.7 Å². The summed E-state index contributed by atoms with van der Waals surface area (Å²) < 4.78 is 18.8. The molecule has 4 heteroatoms. The number of likely N-dealkylation sites (N-methyl/N-ethyl adjacent to an activating group) is 1. The largest absolute Gasteiger partial charge is 0.497 e. The fraction of sp³-hybridized carbons (Fsp3) is 0.294. The summed E-state index contributed by atoms with van der Waals surface area (Å²) in [6.07, 6.45) is 0.777. The number of rotatable bonds is 6. The molecule has 0 bridgehead atoms. The molecule has 2 nitrogen and oxygen atoms in total. The highest BCUT2D eigenvalue weighted by atomic mass is 35.5. The van der Waals surface area contributed by atoms with Crippen molar-refractivity contribution < 1.29 is 9.13 Å². The Morgan fingerprint density at radius 1 is 1.19 bits per heavy atom. The number of nitrogens with one attached hydrogen (secondary N) is 1. The van der Waals surface area contributed by atoms with Gasteiger partial charge in [0.2, 0.25) is 0 Å². The van der Waals surface area contributed by atoms with Gasteiger partial charge in [-0.25, -0.2) is 4.39 Å². The Morgan fingerprint density at radius 2 is 1.90 bits per heavy atom. The smallest absolute Gasteiger partial charge is 0.142 e. The molecule has 2 rings (SSSR count). The summed E-state index contributed by atoms with van der Waals surface area (Å²) in [7, 11) is 1.65. The summed E-state index contributed by atoms with van der Waals surface area (Å²) in [5, 5.41) is 3.53. The minimum atomic E-state index is -0.383. The lowest BCUT2D eigenvalue weighted by Gasteiger charge is -2.19. The molecule has 0 heterocycles. The minimum Gasteiger partial charge on any atom is -0.497 e. The first-order valence-electron chi connectivity index (χ1n) is 6.95. The Bertz CT molecular complexity index is 586. The van der Waals surface area contributed by atoms with E-state index >= 15 is 0 Å². The second-order valence-electron chi connectivity index (χ2n) is 4.84. The maximum atomic E-state index is 13.6. The maximum Gasteiger partial charge on any atom is 0.142 e. The summed E-state index contributed by atoms with van der Waals surface area (Å²) in [6.45, 7) is 2.85. The standard InChI is InChI=1S/C17H19ClFNO/c1-3-20-17(13-6-9-15(18)16(19)11-13)10-12-4-7-14(21-2)8-5-12/h4-9,11,17,20H,3,10H2,1-2H3. The Hall–Kier alpha value is -1.58. The van der Waals surface area contributed by atoms with Crippen molar-refractivity contribution in [3.63, 3.8) is 0 Å². The first kappa shape index (κ1) is 15.8. The van der Waals surface area contributed by atoms with Crippen molar-refractivity contribution >= 4 is 11.6 Å². The van der Waals surface area contributed by atoms with E-state index in [0.717, 1.165) is 29.8 Å². The molecular formula is C17H19ClFNO. The number of hydrogen-bond donors (Lipinski definition) is 1. The third kappa shape index (κ3) is 4.19. The normalized spacial score (nSPS) is 12.2. The van der Waals surface area contributed by atoms with Crippen molar-refractivity contribution in [2.24, 2.45) is 0 Å². The van der Waals surface area contributed by atoms with Gasteiger partial charge in [-0.15, -0.1) is 0 Å². The molecule has 1 N–H and O–H groups in total. The molecule has 0 saturated carbocycles. The van der Waals surface area contributed by atoms with Crippen molar-refractivity contribution in [1.29, 1.82) is 0 Å². The van der Waals surface area contributed by atoms with Gasteiger partial charge in [-0.3, -0.25) is 0 Å². The quantitative estimate of drug-likeness (QED) is 0.855. The lowest BCUT2D eigenvalue weighted by Crippen LogP contribution is -2.23. The van der Waals surface area contributed by atoms with Crippen LogP contribution >= 0.6 is 11.6 Å². The zero-order valence-corrected chi connectivity index (χ0v) is 13.0. The molecule has 2 aromatic rings. The Balaban J connectivity index is 2.19. The van der Waals surface area contributed by atoms with Crippen LogP contribution in [-0.2, 0) is 6.42 Å². The van der Waals surface area contributed by atoms with Crippen LogP contribution in [0.1, 0.15) is 24.1 Å². The fourth-order valence-electron chi connectivity index (χ4n) is 2.28. The lowest BCUT2D eigenvalue weighted by atomic mass is 9.98. The molecule has 0 amide bonds. The number of hydrogen-bond acceptors (Lipinski definition) is 2. The van der Waals surface area contributed by atoms with Crippen LogP contribution in [0.2, 0.25) is 5.02 Å². The molecule has 0 aliphatic rings. The van der Waals surface area contributed by atoms with Crippen LogP contribution in [0.5, 0.6) is 5.75 Å². The SMILES string of the molecule is CCNC(Cc1ccc(OC)cc1)c1ccc(Cl)c(F)c1. The van der Waals surface area contributed by atoms with E-state index in [4.69, 9.17) is 16.3 Å². The fourth-order valence-corrected chi connectivity index (χ4v) is 2.40. The molecular weight excluding hydrogens is 289 g/mol. The summed E-state index contributed by atoms with van der Waals surface area (Å²) in [5.41, 5.74) is 2.06. The van der Waals surface area contributed by atoms with Crippen LogP contribution in [0.15, 0.2) is 42.5 Å². The van der Waals surface area contributed by atoms with Crippen LogP contribution < -0.4 is 10.1 Å². The topological polar surface area (TPSA) is 21.3 Å². The highest BCUT2D eigenvalue weighted by Gasteiger charge is 2.13. The third-order valence-electron chi connectivity index (χ3n) is 3.40. The highest BCUT2D eigenvalue weighted by molar-refractivity contribution is 6.30. The van der Waals surface area contributed by atoms with Crippen LogP contribution in [0.3, 0.4) is 0 Å². The maximum absolute atomic E-state index is 13.6. The van der Waals surface area contributed by atoms with Gasteiger partial charge < -0.3 is 10.1 Å². The average molecular weight is 308 g/mol. The predicted octanol–water partition coefficient (Wildman–Crippen LogP) is 4.38. The number of benzene rings is 2. The summed E-state index contributed by atoms with van der Waals surface area (Å²) in [4.78, 5) is 0. The van der Waals surface area contributed by atoms with Crippen molar-refractivity contribution in [3.05, 3.63) is 64.4 Å². The van der Waals surface area contributed by atoms with Crippen molar-refractivity contribution in [3.8, 4) is 5.75 Å². The van der Waals surface area contributed by atoms with Gasteiger partial charge in [0.05, 0.1) is 12.1 Å². The van der Waals surface area contributed by atoms with Gasteiger partial charge in [0.15, 0.2) is 0 Å². The molecule has 0 aliphatic carbocycles. The van der Waals surface area contributed by atoms with Gasteiger partial charge >= 0.3 is 0 Å². The zero-order valence-electron chi connectivity index (χ0n) is 12.2. The minimum absolute atomic E-state index is 0.0511.